The molecule has 6 nitrogen and oxygen atoms in total. The molecule has 28 heavy (non-hydrogen) atoms. The number of nitrogens with zero attached hydrogens (tertiary/aromatic N) is 3. The number of rotatable bonds is 5. The van der Waals surface area contributed by atoms with E-state index in [1.807, 2.05) is 43.3 Å². The topological polar surface area (TPSA) is 67.4 Å². The number of carbonyl (C=O) groups excluding carboxylic acids is 1. The summed E-state index contributed by atoms with van der Waals surface area (Å²) >= 11 is 1.47. The second kappa shape index (κ2) is 8.50. The molecule has 144 valence electrons. The first kappa shape index (κ1) is 18.6. The molecule has 2 aromatic heterocycles. The van der Waals surface area contributed by atoms with Crippen molar-refractivity contribution in [3.8, 4) is 10.6 Å². The van der Waals surface area contributed by atoms with E-state index in [1.54, 1.807) is 11.6 Å². The monoisotopic (exact) mass is 394 g/mol. The van der Waals surface area contributed by atoms with Gasteiger partial charge < -0.3 is 15.0 Å². The molecule has 0 atom stereocenters. The van der Waals surface area contributed by atoms with Crippen LogP contribution in [0, 0.1) is 6.92 Å². The van der Waals surface area contributed by atoms with E-state index in [9.17, 15) is 4.79 Å². The van der Waals surface area contributed by atoms with Crippen molar-refractivity contribution in [2.45, 2.75) is 13.5 Å². The minimum atomic E-state index is -0.159. The van der Waals surface area contributed by atoms with Crippen LogP contribution in [0.15, 0.2) is 48.0 Å². The molecule has 7 heteroatoms. The van der Waals surface area contributed by atoms with Gasteiger partial charge in [-0.1, -0.05) is 24.3 Å². The number of benzene rings is 1. The summed E-state index contributed by atoms with van der Waals surface area (Å²) in [5.74, 6) is 0.759. The summed E-state index contributed by atoms with van der Waals surface area (Å²) in [6.45, 7) is 5.64. The first-order valence-corrected chi connectivity index (χ1v) is 10.2. The molecule has 0 bridgehead atoms. The van der Waals surface area contributed by atoms with Gasteiger partial charge in [-0.25, -0.2) is 9.97 Å². The van der Waals surface area contributed by atoms with Crippen LogP contribution in [0.1, 0.15) is 21.6 Å². The lowest BCUT2D eigenvalue weighted by Crippen LogP contribution is -2.36. The van der Waals surface area contributed by atoms with Gasteiger partial charge in [-0.3, -0.25) is 4.79 Å². The second-order valence-corrected chi connectivity index (χ2v) is 7.51. The minimum Gasteiger partial charge on any atom is -0.378 e. The van der Waals surface area contributed by atoms with E-state index in [4.69, 9.17) is 4.74 Å². The van der Waals surface area contributed by atoms with Gasteiger partial charge in [0.2, 0.25) is 0 Å². The number of hydrogen-bond acceptors (Lipinski definition) is 6. The van der Waals surface area contributed by atoms with Crippen molar-refractivity contribution in [2.75, 3.05) is 31.2 Å². The number of morpholine rings is 1. The van der Waals surface area contributed by atoms with Crippen LogP contribution >= 0.6 is 11.3 Å². The Morgan fingerprint density at radius 2 is 2.07 bits per heavy atom. The Morgan fingerprint density at radius 3 is 2.89 bits per heavy atom. The molecule has 3 aromatic rings. The number of pyridine rings is 1. The summed E-state index contributed by atoms with van der Waals surface area (Å²) in [6, 6.07) is 12.0. The Kier molecular flexibility index (Phi) is 5.64. The fraction of sp³-hybridized carbons (Fsp3) is 0.286. The SMILES string of the molecule is Cc1ccccc1CNC(=O)c1csc(-c2ccnc(N3CCOCC3)c2)n1. The molecule has 3 heterocycles. The van der Waals surface area contributed by atoms with Gasteiger partial charge in [-0.2, -0.15) is 0 Å². The summed E-state index contributed by atoms with van der Waals surface area (Å²) in [4.78, 5) is 23.7. The van der Waals surface area contributed by atoms with Gasteiger partial charge in [0.05, 0.1) is 13.2 Å². The van der Waals surface area contributed by atoms with Crippen LogP contribution in [-0.4, -0.2) is 42.2 Å². The number of ether oxygens (including phenoxy) is 1. The standard InChI is InChI=1S/C21H22N4O2S/c1-15-4-2-3-5-17(15)13-23-20(26)18-14-28-21(24-18)16-6-7-22-19(12-16)25-8-10-27-11-9-25/h2-7,12,14H,8-11,13H2,1H3,(H,23,26). The van der Waals surface area contributed by atoms with Crippen molar-refractivity contribution in [3.05, 3.63) is 64.8 Å². The predicted octanol–water partition coefficient (Wildman–Crippen LogP) is 3.28. The molecule has 1 amide bonds. The molecule has 0 aliphatic carbocycles. The highest BCUT2D eigenvalue weighted by Crippen LogP contribution is 2.26. The summed E-state index contributed by atoms with van der Waals surface area (Å²) < 4.78 is 5.40. The smallest absolute Gasteiger partial charge is 0.271 e. The maximum absolute atomic E-state index is 12.5. The normalized spacial score (nSPS) is 14.1. The summed E-state index contributed by atoms with van der Waals surface area (Å²) in [7, 11) is 0. The first-order chi connectivity index (χ1) is 13.7. The van der Waals surface area contributed by atoms with Gasteiger partial charge in [0, 0.05) is 36.8 Å². The number of anilines is 1. The van der Waals surface area contributed by atoms with Crippen LogP contribution in [0.4, 0.5) is 5.82 Å². The lowest BCUT2D eigenvalue weighted by Gasteiger charge is -2.27. The highest BCUT2D eigenvalue weighted by molar-refractivity contribution is 7.13. The van der Waals surface area contributed by atoms with E-state index in [2.05, 4.69) is 20.2 Å². The molecule has 1 fully saturated rings. The third-order valence-electron chi connectivity index (χ3n) is 4.77. The molecule has 0 spiro atoms. The number of carbonyl (C=O) groups is 1. The van der Waals surface area contributed by atoms with Gasteiger partial charge in [0.15, 0.2) is 0 Å². The Labute approximate surface area is 168 Å². The maximum Gasteiger partial charge on any atom is 0.271 e. The number of aromatic nitrogens is 2. The zero-order chi connectivity index (χ0) is 19.3. The lowest BCUT2D eigenvalue weighted by molar-refractivity contribution is 0.0946. The average Bonchev–Trinajstić information content (AvgIpc) is 3.24. The highest BCUT2D eigenvalue weighted by atomic mass is 32.1. The highest BCUT2D eigenvalue weighted by Gasteiger charge is 2.15. The number of nitrogens with one attached hydrogen (secondary N) is 1. The minimum absolute atomic E-state index is 0.159. The third kappa shape index (κ3) is 4.21. The largest absolute Gasteiger partial charge is 0.378 e. The van der Waals surface area contributed by atoms with E-state index in [0.29, 0.717) is 25.5 Å². The van der Waals surface area contributed by atoms with Crippen molar-refractivity contribution in [1.29, 1.82) is 0 Å². The van der Waals surface area contributed by atoms with E-state index in [-0.39, 0.29) is 5.91 Å². The van der Waals surface area contributed by atoms with Crippen LogP contribution in [0.2, 0.25) is 0 Å². The average molecular weight is 395 g/mol. The molecule has 4 rings (SSSR count). The van der Waals surface area contributed by atoms with Crippen molar-refractivity contribution in [1.82, 2.24) is 15.3 Å². The second-order valence-electron chi connectivity index (χ2n) is 6.65. The zero-order valence-electron chi connectivity index (χ0n) is 15.7. The van der Waals surface area contributed by atoms with Gasteiger partial charge in [-0.05, 0) is 30.2 Å². The first-order valence-electron chi connectivity index (χ1n) is 9.28. The fourth-order valence-electron chi connectivity index (χ4n) is 3.10. The van der Waals surface area contributed by atoms with Crippen LogP contribution in [0.25, 0.3) is 10.6 Å². The fourth-order valence-corrected chi connectivity index (χ4v) is 3.90. The predicted molar refractivity (Wildman–Crippen MR) is 111 cm³/mol. The van der Waals surface area contributed by atoms with Crippen molar-refractivity contribution < 1.29 is 9.53 Å². The van der Waals surface area contributed by atoms with E-state index >= 15 is 0 Å². The van der Waals surface area contributed by atoms with Gasteiger partial charge in [0.25, 0.3) is 5.91 Å². The number of aryl methyl sites for hydroxylation is 1. The van der Waals surface area contributed by atoms with Crippen molar-refractivity contribution >= 4 is 23.1 Å². The molecule has 1 aliphatic rings. The Morgan fingerprint density at radius 1 is 1.25 bits per heavy atom. The van der Waals surface area contributed by atoms with E-state index in [1.165, 1.54) is 11.3 Å². The third-order valence-corrected chi connectivity index (χ3v) is 5.66. The van der Waals surface area contributed by atoms with Gasteiger partial charge in [0.1, 0.15) is 16.5 Å². The molecule has 0 radical (unpaired) electrons. The molecular formula is C21H22N4O2S. The summed E-state index contributed by atoms with van der Waals surface area (Å²) in [5.41, 5.74) is 3.68. The number of thiazole rings is 1. The number of hydrogen-bond donors (Lipinski definition) is 1. The molecule has 0 unspecified atom stereocenters. The van der Waals surface area contributed by atoms with Gasteiger partial charge in [-0.15, -0.1) is 11.3 Å². The molecule has 1 aromatic carbocycles. The lowest BCUT2D eigenvalue weighted by atomic mass is 10.1. The zero-order valence-corrected chi connectivity index (χ0v) is 16.5. The number of amides is 1. The van der Waals surface area contributed by atoms with Crippen molar-refractivity contribution in [3.63, 3.8) is 0 Å². The summed E-state index contributed by atoms with van der Waals surface area (Å²) in [6.07, 6.45) is 1.79. The maximum atomic E-state index is 12.5. The molecule has 1 N–H and O–H groups in total. The Bertz CT molecular complexity index is 966. The Balaban J connectivity index is 1.45. The van der Waals surface area contributed by atoms with Crippen LogP contribution in [-0.2, 0) is 11.3 Å². The van der Waals surface area contributed by atoms with Crippen LogP contribution in [0.5, 0.6) is 0 Å². The van der Waals surface area contributed by atoms with Crippen LogP contribution in [0.3, 0.4) is 0 Å². The van der Waals surface area contributed by atoms with Crippen LogP contribution < -0.4 is 10.2 Å². The molecule has 1 saturated heterocycles. The summed E-state index contributed by atoms with van der Waals surface area (Å²) in [5, 5.41) is 5.58. The van der Waals surface area contributed by atoms with E-state index < -0.39 is 0 Å². The Hall–Kier alpha value is -2.77. The van der Waals surface area contributed by atoms with Gasteiger partial charge >= 0.3 is 0 Å². The molecule has 0 saturated carbocycles. The molecule has 1 aliphatic heterocycles. The quantitative estimate of drug-likeness (QED) is 0.719. The van der Waals surface area contributed by atoms with Crippen molar-refractivity contribution in [2.24, 2.45) is 0 Å². The molecular weight excluding hydrogens is 372 g/mol. The van der Waals surface area contributed by atoms with E-state index in [0.717, 1.165) is 40.6 Å².